The average Bonchev–Trinajstić information content (AvgIpc) is 2.25. The summed E-state index contributed by atoms with van der Waals surface area (Å²) >= 11 is 0. The van der Waals surface area contributed by atoms with Crippen LogP contribution in [0.4, 0.5) is 39.5 Å². The van der Waals surface area contributed by atoms with Crippen molar-refractivity contribution in [1.82, 2.24) is 0 Å². The van der Waals surface area contributed by atoms with Gasteiger partial charge in [-0.05, 0) is 6.08 Å². The summed E-state index contributed by atoms with van der Waals surface area (Å²) in [5.41, 5.74) is 0. The van der Waals surface area contributed by atoms with Gasteiger partial charge in [-0.15, -0.1) is 0 Å². The van der Waals surface area contributed by atoms with Crippen molar-refractivity contribution < 1.29 is 52.7 Å². The molecular weight excluding hydrogens is 347 g/mol. The van der Waals surface area contributed by atoms with Gasteiger partial charge in [0.1, 0.15) is 5.75 Å². The van der Waals surface area contributed by atoms with Gasteiger partial charge in [0.2, 0.25) is 9.84 Å². The topological polar surface area (TPSA) is 51.2 Å². The van der Waals surface area contributed by atoms with E-state index < -0.39 is 44.6 Å². The Morgan fingerprint density at radius 2 is 1.29 bits per heavy atom. The lowest BCUT2D eigenvalue weighted by Crippen LogP contribution is -2.63. The quantitative estimate of drug-likeness (QED) is 0.545. The van der Waals surface area contributed by atoms with E-state index in [1.807, 2.05) is 0 Å². The van der Waals surface area contributed by atoms with Crippen LogP contribution in [0.25, 0.3) is 0 Å². The van der Waals surface area contributed by atoms with Crippen molar-refractivity contribution in [3.8, 4) is 0 Å². The Kier molecular flexibility index (Phi) is 4.86. The third kappa shape index (κ3) is 3.01. The van der Waals surface area contributed by atoms with Crippen LogP contribution in [0.5, 0.6) is 0 Å². The number of carbonyl (C=O) groups excluding carboxylic acids is 1. The molecule has 0 fully saturated rings. The van der Waals surface area contributed by atoms with E-state index in [-0.39, 0.29) is 6.08 Å². The first-order chi connectivity index (χ1) is 8.95. The highest BCUT2D eigenvalue weighted by molar-refractivity contribution is 7.93. The number of rotatable bonds is 6. The molecule has 21 heavy (non-hydrogen) atoms. The zero-order chi connectivity index (χ0) is 17.5. The maximum atomic E-state index is 13.0. The van der Waals surface area contributed by atoms with Gasteiger partial charge < -0.3 is 0 Å². The highest BCUT2D eigenvalue weighted by Gasteiger charge is 2.85. The second kappa shape index (κ2) is 5.18. The highest BCUT2D eigenvalue weighted by atomic mass is 32.2. The van der Waals surface area contributed by atoms with Crippen LogP contribution in [0, 0.1) is 0 Å². The lowest BCUT2D eigenvalue weighted by Gasteiger charge is -2.32. The summed E-state index contributed by atoms with van der Waals surface area (Å²) in [5, 5.41) is -6.84. The molecule has 0 aromatic carbocycles. The summed E-state index contributed by atoms with van der Waals surface area (Å²) in [6, 6.07) is 0. The van der Waals surface area contributed by atoms with Gasteiger partial charge >= 0.3 is 23.3 Å². The van der Waals surface area contributed by atoms with Gasteiger partial charge in [0.05, 0.1) is 0 Å². The third-order valence-electron chi connectivity index (χ3n) is 2.07. The van der Waals surface area contributed by atoms with Crippen LogP contribution in [0.15, 0.2) is 12.7 Å². The third-order valence-corrected chi connectivity index (χ3v) is 3.77. The molecule has 0 unspecified atom stereocenters. The number of hydrogen-bond donors (Lipinski definition) is 0. The van der Waals surface area contributed by atoms with Crippen molar-refractivity contribution >= 4 is 15.6 Å². The number of hydrogen-bond acceptors (Lipinski definition) is 3. The van der Waals surface area contributed by atoms with E-state index in [1.54, 1.807) is 0 Å². The molecule has 0 spiro atoms. The molecule has 0 rings (SSSR count). The van der Waals surface area contributed by atoms with E-state index in [4.69, 9.17) is 0 Å². The van der Waals surface area contributed by atoms with Gasteiger partial charge in [-0.3, -0.25) is 4.79 Å². The molecule has 124 valence electrons. The normalized spacial score (nSPS) is 14.9. The first-order valence-corrected chi connectivity index (χ1v) is 6.18. The van der Waals surface area contributed by atoms with Crippen molar-refractivity contribution in [2.75, 3.05) is 5.75 Å². The Balaban J connectivity index is 6.01. The molecule has 0 aromatic rings. The van der Waals surface area contributed by atoms with Crippen molar-refractivity contribution in [1.29, 1.82) is 0 Å². The molecule has 0 aliphatic heterocycles. The SMILES string of the molecule is C=CC(=O)CS(=O)(=O)C(F)(F)C(F)(F)C(F)(F)C(F)(F)F. The number of sulfone groups is 1. The molecule has 0 atom stereocenters. The van der Waals surface area contributed by atoms with Crippen molar-refractivity contribution in [3.05, 3.63) is 12.7 Å². The molecule has 0 saturated heterocycles. The van der Waals surface area contributed by atoms with Gasteiger partial charge in [-0.1, -0.05) is 6.58 Å². The Morgan fingerprint density at radius 1 is 0.905 bits per heavy atom. The van der Waals surface area contributed by atoms with Crippen molar-refractivity contribution in [2.45, 2.75) is 23.3 Å². The van der Waals surface area contributed by atoms with Gasteiger partial charge in [-0.25, -0.2) is 8.42 Å². The van der Waals surface area contributed by atoms with E-state index in [0.29, 0.717) is 0 Å². The fraction of sp³-hybridized carbons (Fsp3) is 0.625. The second-order valence-corrected chi connectivity index (χ2v) is 5.62. The zero-order valence-electron chi connectivity index (χ0n) is 9.53. The molecular formula is C8H5F9O3S. The van der Waals surface area contributed by atoms with Crippen LogP contribution < -0.4 is 0 Å². The summed E-state index contributed by atoms with van der Waals surface area (Å²) in [6.45, 7) is 2.60. The Bertz CT molecular complexity index is 532. The first kappa shape index (κ1) is 19.7. The number of halogens is 9. The Morgan fingerprint density at radius 3 is 1.57 bits per heavy atom. The minimum absolute atomic E-state index is 0.0909. The predicted molar refractivity (Wildman–Crippen MR) is 49.9 cm³/mol. The summed E-state index contributed by atoms with van der Waals surface area (Å²) in [5.74, 6) is -18.9. The van der Waals surface area contributed by atoms with Gasteiger partial charge in [0.15, 0.2) is 5.78 Å². The smallest absolute Gasteiger partial charge is 0.294 e. The van der Waals surface area contributed by atoms with Crippen molar-refractivity contribution in [2.24, 2.45) is 0 Å². The Labute approximate surface area is 111 Å². The molecule has 3 nitrogen and oxygen atoms in total. The molecule has 0 saturated carbocycles. The summed E-state index contributed by atoms with van der Waals surface area (Å²) < 4.78 is 133. The largest absolute Gasteiger partial charge is 0.460 e. The van der Waals surface area contributed by atoms with Crippen LogP contribution in [-0.4, -0.2) is 43.2 Å². The molecule has 0 heterocycles. The lowest BCUT2D eigenvalue weighted by molar-refractivity contribution is -0.382. The molecule has 0 radical (unpaired) electrons. The minimum Gasteiger partial charge on any atom is -0.294 e. The fourth-order valence-corrected chi connectivity index (χ4v) is 2.09. The van der Waals surface area contributed by atoms with Crippen LogP contribution in [-0.2, 0) is 14.6 Å². The first-order valence-electron chi connectivity index (χ1n) is 4.53. The van der Waals surface area contributed by atoms with Crippen LogP contribution >= 0.6 is 0 Å². The van der Waals surface area contributed by atoms with E-state index in [0.717, 1.165) is 0 Å². The van der Waals surface area contributed by atoms with E-state index in [9.17, 15) is 52.7 Å². The van der Waals surface area contributed by atoms with E-state index in [2.05, 4.69) is 6.58 Å². The zero-order valence-corrected chi connectivity index (χ0v) is 10.3. The van der Waals surface area contributed by atoms with Crippen molar-refractivity contribution in [3.63, 3.8) is 0 Å². The average molecular weight is 352 g/mol. The molecule has 0 bridgehead atoms. The number of carbonyl (C=O) groups is 1. The van der Waals surface area contributed by atoms with Gasteiger partial charge in [0.25, 0.3) is 0 Å². The standard InChI is InChI=1S/C8H5F9O3S/c1-2-4(18)3-21(19,20)8(16,17)6(11,12)5(9,10)7(13,14)15/h2H,1,3H2. The molecule has 0 amide bonds. The summed E-state index contributed by atoms with van der Waals surface area (Å²) in [6.07, 6.45) is -7.05. The maximum Gasteiger partial charge on any atom is 0.460 e. The summed E-state index contributed by atoms with van der Waals surface area (Å²) in [4.78, 5) is 10.6. The molecule has 13 heteroatoms. The highest BCUT2D eigenvalue weighted by Crippen LogP contribution is 2.54. The number of allylic oxidation sites excluding steroid dienone is 1. The van der Waals surface area contributed by atoms with Crippen LogP contribution in [0.1, 0.15) is 0 Å². The predicted octanol–water partition coefficient (Wildman–Crippen LogP) is 2.58. The van der Waals surface area contributed by atoms with Gasteiger partial charge in [-0.2, -0.15) is 39.5 Å². The van der Waals surface area contributed by atoms with Gasteiger partial charge in [0, 0.05) is 0 Å². The summed E-state index contributed by atoms with van der Waals surface area (Å²) in [7, 11) is -6.66. The second-order valence-electron chi connectivity index (χ2n) is 3.59. The number of alkyl halides is 9. The van der Waals surface area contributed by atoms with E-state index >= 15 is 0 Å². The fourth-order valence-electron chi connectivity index (χ4n) is 0.893. The van der Waals surface area contributed by atoms with E-state index in [1.165, 1.54) is 0 Å². The lowest BCUT2D eigenvalue weighted by atomic mass is 10.1. The monoisotopic (exact) mass is 352 g/mol. The van der Waals surface area contributed by atoms with Crippen LogP contribution in [0.2, 0.25) is 0 Å². The van der Waals surface area contributed by atoms with Crippen LogP contribution in [0.3, 0.4) is 0 Å². The molecule has 0 aliphatic rings. The minimum atomic E-state index is -7.34. The molecule has 0 aliphatic carbocycles. The molecule has 0 N–H and O–H groups in total. The maximum absolute atomic E-state index is 13.0. The number of ketones is 1. The Hall–Kier alpha value is -1.27. The molecule has 0 aromatic heterocycles.